The fraction of sp³-hybridized carbons (Fsp3) is 0.143. The van der Waals surface area contributed by atoms with Crippen LogP contribution in [0.25, 0.3) is 0 Å². The molecule has 0 saturated heterocycles. The number of aromatic nitrogens is 1. The first-order valence-electron chi connectivity index (χ1n) is 5.62. The molecular weight excluding hydrogens is 281 g/mol. The number of nitrogens with one attached hydrogen (secondary N) is 1. The molecule has 1 N–H and O–H groups in total. The van der Waals surface area contributed by atoms with Crippen molar-refractivity contribution in [3.8, 4) is 6.07 Å². The largest absolute Gasteiger partial charge is 0.337 e. The number of nitriles is 1. The lowest BCUT2D eigenvalue weighted by Gasteiger charge is -2.12. The van der Waals surface area contributed by atoms with Crippen LogP contribution >= 0.6 is 23.2 Å². The Hall–Kier alpha value is -1.76. The molecule has 1 heterocycles. The number of rotatable bonds is 2. The van der Waals surface area contributed by atoms with E-state index in [9.17, 15) is 5.26 Å². The number of hydrogen-bond acceptors (Lipinski definition) is 3. The van der Waals surface area contributed by atoms with Crippen molar-refractivity contribution in [2.45, 2.75) is 13.8 Å². The standard InChI is InChI=1S/C14H11Cl2N3/c1-8-6-9(2)18-14(10(8)7-17)19-13-11(15)4-3-5-12(13)16/h3-6H,1-2H3,(H,18,19). The van der Waals surface area contributed by atoms with Crippen LogP contribution in [0.3, 0.4) is 0 Å². The Morgan fingerprint density at radius 1 is 1.21 bits per heavy atom. The fourth-order valence-electron chi connectivity index (χ4n) is 1.80. The Balaban J connectivity index is 2.53. The molecule has 0 radical (unpaired) electrons. The van der Waals surface area contributed by atoms with Gasteiger partial charge in [-0.3, -0.25) is 0 Å². The van der Waals surface area contributed by atoms with Gasteiger partial charge in [-0.15, -0.1) is 0 Å². The molecule has 0 amide bonds. The van der Waals surface area contributed by atoms with Crippen molar-refractivity contribution in [3.05, 3.63) is 51.1 Å². The predicted octanol–water partition coefficient (Wildman–Crippen LogP) is 4.62. The van der Waals surface area contributed by atoms with Crippen LogP contribution in [0, 0.1) is 25.2 Å². The van der Waals surface area contributed by atoms with Gasteiger partial charge in [0.15, 0.2) is 0 Å². The van der Waals surface area contributed by atoms with Gasteiger partial charge in [-0.25, -0.2) is 4.98 Å². The van der Waals surface area contributed by atoms with Gasteiger partial charge in [-0.05, 0) is 37.6 Å². The Bertz CT molecular complexity index is 655. The highest BCUT2D eigenvalue weighted by Gasteiger charge is 2.12. The molecule has 0 atom stereocenters. The summed E-state index contributed by atoms with van der Waals surface area (Å²) in [6.07, 6.45) is 0. The molecule has 2 rings (SSSR count). The van der Waals surface area contributed by atoms with E-state index in [1.807, 2.05) is 19.9 Å². The molecule has 19 heavy (non-hydrogen) atoms. The zero-order valence-electron chi connectivity index (χ0n) is 10.5. The lowest BCUT2D eigenvalue weighted by atomic mass is 10.1. The lowest BCUT2D eigenvalue weighted by molar-refractivity contribution is 1.16. The minimum atomic E-state index is 0.468. The summed E-state index contributed by atoms with van der Waals surface area (Å²) in [6.45, 7) is 3.74. The molecular formula is C14H11Cl2N3. The normalized spacial score (nSPS) is 10.1. The maximum Gasteiger partial charge on any atom is 0.148 e. The number of benzene rings is 1. The summed E-state index contributed by atoms with van der Waals surface area (Å²) in [5.74, 6) is 0.468. The first kappa shape index (κ1) is 13.7. The molecule has 1 aromatic carbocycles. The van der Waals surface area contributed by atoms with Gasteiger partial charge in [0.05, 0.1) is 21.3 Å². The summed E-state index contributed by atoms with van der Waals surface area (Å²) < 4.78 is 0. The van der Waals surface area contributed by atoms with Crippen LogP contribution in [0.5, 0.6) is 0 Å². The third kappa shape index (κ3) is 2.81. The smallest absolute Gasteiger partial charge is 0.148 e. The summed E-state index contributed by atoms with van der Waals surface area (Å²) in [5, 5.41) is 13.2. The van der Waals surface area contributed by atoms with Crippen LogP contribution in [0.1, 0.15) is 16.8 Å². The third-order valence-corrected chi connectivity index (χ3v) is 3.29. The zero-order chi connectivity index (χ0) is 14.0. The van der Waals surface area contributed by atoms with Crippen molar-refractivity contribution in [2.75, 3.05) is 5.32 Å². The zero-order valence-corrected chi connectivity index (χ0v) is 12.0. The second kappa shape index (κ2) is 5.48. The maximum atomic E-state index is 9.21. The van der Waals surface area contributed by atoms with Gasteiger partial charge in [0, 0.05) is 5.69 Å². The molecule has 96 valence electrons. The van der Waals surface area contributed by atoms with Crippen molar-refractivity contribution in [1.29, 1.82) is 5.26 Å². The number of pyridine rings is 1. The minimum absolute atomic E-state index is 0.468. The van der Waals surface area contributed by atoms with E-state index in [1.54, 1.807) is 18.2 Å². The molecule has 5 heteroatoms. The van der Waals surface area contributed by atoms with E-state index in [1.165, 1.54) is 0 Å². The van der Waals surface area contributed by atoms with E-state index in [4.69, 9.17) is 23.2 Å². The van der Waals surface area contributed by atoms with Crippen LogP contribution in [-0.4, -0.2) is 4.98 Å². The molecule has 0 spiro atoms. The fourth-order valence-corrected chi connectivity index (χ4v) is 2.30. The molecule has 0 aliphatic carbocycles. The minimum Gasteiger partial charge on any atom is -0.337 e. The summed E-state index contributed by atoms with van der Waals surface area (Å²) in [6, 6.07) is 9.21. The summed E-state index contributed by atoms with van der Waals surface area (Å²) in [7, 11) is 0. The molecule has 0 saturated carbocycles. The average molecular weight is 292 g/mol. The SMILES string of the molecule is Cc1cc(C)c(C#N)c(Nc2c(Cl)cccc2Cl)n1. The van der Waals surface area contributed by atoms with Crippen LogP contribution in [-0.2, 0) is 0 Å². The van der Waals surface area contributed by atoms with E-state index in [0.29, 0.717) is 27.1 Å². The van der Waals surface area contributed by atoms with E-state index in [0.717, 1.165) is 11.3 Å². The predicted molar refractivity (Wildman–Crippen MR) is 78.2 cm³/mol. The van der Waals surface area contributed by atoms with Crippen LogP contribution in [0.15, 0.2) is 24.3 Å². The van der Waals surface area contributed by atoms with Crippen LogP contribution in [0.2, 0.25) is 10.0 Å². The number of para-hydroxylation sites is 1. The lowest BCUT2D eigenvalue weighted by Crippen LogP contribution is -2.01. The first-order valence-corrected chi connectivity index (χ1v) is 6.38. The Morgan fingerprint density at radius 3 is 2.42 bits per heavy atom. The Kier molecular flexibility index (Phi) is 3.94. The number of halogens is 2. The summed E-state index contributed by atoms with van der Waals surface area (Å²) in [5.41, 5.74) is 2.73. The van der Waals surface area contributed by atoms with Gasteiger partial charge in [-0.1, -0.05) is 29.3 Å². The number of hydrogen-bond donors (Lipinski definition) is 1. The molecule has 0 unspecified atom stereocenters. The average Bonchev–Trinajstić information content (AvgIpc) is 2.33. The second-order valence-corrected chi connectivity index (χ2v) is 4.95. The topological polar surface area (TPSA) is 48.7 Å². The van der Waals surface area contributed by atoms with Crippen molar-refractivity contribution in [3.63, 3.8) is 0 Å². The molecule has 2 aromatic rings. The second-order valence-electron chi connectivity index (χ2n) is 4.14. The highest BCUT2D eigenvalue weighted by Crippen LogP contribution is 2.33. The van der Waals surface area contributed by atoms with Crippen LogP contribution in [0.4, 0.5) is 11.5 Å². The van der Waals surface area contributed by atoms with E-state index >= 15 is 0 Å². The van der Waals surface area contributed by atoms with Crippen molar-refractivity contribution >= 4 is 34.7 Å². The summed E-state index contributed by atoms with van der Waals surface area (Å²) >= 11 is 12.2. The third-order valence-electron chi connectivity index (χ3n) is 2.66. The number of aryl methyl sites for hydroxylation is 2. The Labute approximate surface area is 121 Å². The monoisotopic (exact) mass is 291 g/mol. The van der Waals surface area contributed by atoms with Crippen molar-refractivity contribution < 1.29 is 0 Å². The van der Waals surface area contributed by atoms with Gasteiger partial charge in [0.1, 0.15) is 11.9 Å². The van der Waals surface area contributed by atoms with E-state index in [2.05, 4.69) is 16.4 Å². The van der Waals surface area contributed by atoms with Crippen molar-refractivity contribution in [2.24, 2.45) is 0 Å². The highest BCUT2D eigenvalue weighted by atomic mass is 35.5. The first-order chi connectivity index (χ1) is 9.02. The van der Waals surface area contributed by atoms with Crippen LogP contribution < -0.4 is 5.32 Å². The highest BCUT2D eigenvalue weighted by molar-refractivity contribution is 6.39. The summed E-state index contributed by atoms with van der Waals surface area (Å²) in [4.78, 5) is 4.33. The molecule has 3 nitrogen and oxygen atoms in total. The van der Waals surface area contributed by atoms with Gasteiger partial charge >= 0.3 is 0 Å². The van der Waals surface area contributed by atoms with Crippen molar-refractivity contribution in [1.82, 2.24) is 4.98 Å². The van der Waals surface area contributed by atoms with Gasteiger partial charge in [-0.2, -0.15) is 5.26 Å². The molecule has 0 bridgehead atoms. The Morgan fingerprint density at radius 2 is 1.84 bits per heavy atom. The molecule has 0 aliphatic heterocycles. The molecule has 0 fully saturated rings. The number of nitrogens with zero attached hydrogens (tertiary/aromatic N) is 2. The molecule has 0 aliphatic rings. The van der Waals surface area contributed by atoms with E-state index in [-0.39, 0.29) is 0 Å². The molecule has 1 aromatic heterocycles. The van der Waals surface area contributed by atoms with Gasteiger partial charge in [0.2, 0.25) is 0 Å². The maximum absolute atomic E-state index is 9.21. The van der Waals surface area contributed by atoms with Gasteiger partial charge in [0.25, 0.3) is 0 Å². The number of anilines is 2. The quantitative estimate of drug-likeness (QED) is 0.878. The van der Waals surface area contributed by atoms with E-state index < -0.39 is 0 Å². The van der Waals surface area contributed by atoms with Gasteiger partial charge < -0.3 is 5.32 Å².